The van der Waals surface area contributed by atoms with Gasteiger partial charge in [-0.25, -0.2) is 6.57 Å². The van der Waals surface area contributed by atoms with Crippen LogP contribution in [0.5, 0.6) is 0 Å². The number of hydrogen-bond acceptors (Lipinski definition) is 3. The zero-order valence-corrected chi connectivity index (χ0v) is 35.9. The Morgan fingerprint density at radius 1 is 0.280 bits per heavy atom. The number of anilines is 6. The summed E-state index contributed by atoms with van der Waals surface area (Å²) < 4.78 is 337. The highest BCUT2D eigenvalue weighted by atomic mass is 19.4. The van der Waals surface area contributed by atoms with Crippen molar-refractivity contribution in [3.05, 3.63) is 188 Å². The lowest BCUT2D eigenvalue weighted by atomic mass is 9.84. The minimum Gasteiger partial charge on any atom is -0.310 e. The molecular weight excluding hydrogens is 1080 g/mol. The molecule has 6 aromatic carbocycles. The van der Waals surface area contributed by atoms with E-state index < -0.39 is 169 Å². The maximum atomic E-state index is 14.0. The Kier molecular flexibility index (Phi) is 14.2. The van der Waals surface area contributed by atoms with Crippen LogP contribution in [0.3, 0.4) is 0 Å². The fourth-order valence-electron chi connectivity index (χ4n) is 7.32. The molecule has 4 nitrogen and oxygen atoms in total. The molecule has 0 aliphatic carbocycles. The minimum atomic E-state index is -5.64. The largest absolute Gasteiger partial charge is 0.416 e. The van der Waals surface area contributed by atoms with E-state index in [9.17, 15) is 111 Å². The van der Waals surface area contributed by atoms with E-state index in [1.165, 1.54) is 6.07 Å². The number of nitriles is 1. The van der Waals surface area contributed by atoms with Gasteiger partial charge >= 0.3 is 54.9 Å². The van der Waals surface area contributed by atoms with E-state index >= 15 is 0 Å². The lowest BCUT2D eigenvalue weighted by Crippen LogP contribution is -2.22. The summed E-state index contributed by atoms with van der Waals surface area (Å²) in [6, 6.07) is 4.54. The molecule has 0 heterocycles. The topological polar surface area (TPSA) is 34.6 Å². The summed E-state index contributed by atoms with van der Waals surface area (Å²) in [5.41, 5.74) is -27.8. The Hall–Kier alpha value is -7.78. The van der Waals surface area contributed by atoms with Crippen LogP contribution in [0.1, 0.15) is 55.6 Å². The van der Waals surface area contributed by atoms with E-state index in [1.54, 1.807) is 0 Å². The summed E-state index contributed by atoms with van der Waals surface area (Å²) in [5.74, 6) is 0. The van der Waals surface area contributed by atoms with E-state index in [-0.39, 0.29) is 58.3 Å². The quantitative estimate of drug-likeness (QED) is 0.113. The first-order valence-corrected chi connectivity index (χ1v) is 19.9. The van der Waals surface area contributed by atoms with Gasteiger partial charge in [0.1, 0.15) is 0 Å². The van der Waals surface area contributed by atoms with E-state index in [4.69, 9.17) is 6.57 Å². The smallest absolute Gasteiger partial charge is 0.310 e. The maximum absolute atomic E-state index is 14.0. The van der Waals surface area contributed by atoms with Crippen LogP contribution in [-0.4, -0.2) is 0 Å². The third kappa shape index (κ3) is 12.1. The Balaban J connectivity index is 1.58. The fourth-order valence-corrected chi connectivity index (χ4v) is 7.32. The van der Waals surface area contributed by atoms with Gasteiger partial charge in [0.05, 0.1) is 55.6 Å². The van der Waals surface area contributed by atoms with Crippen molar-refractivity contribution in [1.82, 2.24) is 0 Å². The third-order valence-electron chi connectivity index (χ3n) is 10.7. The highest BCUT2D eigenvalue weighted by molar-refractivity contribution is 5.80. The zero-order chi connectivity index (χ0) is 56.4. The highest BCUT2D eigenvalue weighted by Gasteiger charge is 2.45. The van der Waals surface area contributed by atoms with Crippen LogP contribution < -0.4 is 9.80 Å². The van der Waals surface area contributed by atoms with Crippen molar-refractivity contribution in [2.45, 2.75) is 54.9 Å². The predicted molar refractivity (Wildman–Crippen MR) is 215 cm³/mol. The number of rotatable bonds is 8. The molecule has 0 radical (unpaired) electrons. The maximum Gasteiger partial charge on any atom is 0.416 e. The van der Waals surface area contributed by atoms with Crippen molar-refractivity contribution in [3.63, 3.8) is 0 Å². The molecule has 28 heteroatoms. The second kappa shape index (κ2) is 18.9. The number of nitrogens with zero attached hydrogens (tertiary/aromatic N) is 4. The molecule has 0 fully saturated rings. The van der Waals surface area contributed by atoms with E-state index in [2.05, 4.69) is 4.85 Å². The van der Waals surface area contributed by atoms with Crippen molar-refractivity contribution in [2.24, 2.45) is 0 Å². The minimum absolute atomic E-state index is 0.0627. The molecule has 396 valence electrons. The van der Waals surface area contributed by atoms with Gasteiger partial charge in [0.25, 0.3) is 0 Å². The molecule has 0 N–H and O–H groups in total. The fraction of sp³-hybridized carbons (Fsp3) is 0.191. The number of alkyl halides is 24. The van der Waals surface area contributed by atoms with Crippen molar-refractivity contribution in [3.8, 4) is 6.07 Å². The van der Waals surface area contributed by atoms with Gasteiger partial charge in [0.15, 0.2) is 6.07 Å². The van der Waals surface area contributed by atoms with Crippen LogP contribution in [0.15, 0.2) is 121 Å². The molecule has 0 unspecified atom stereocenters. The Morgan fingerprint density at radius 2 is 0.453 bits per heavy atom. The predicted octanol–water partition coefficient (Wildman–Crippen LogP) is 18.5. The lowest BCUT2D eigenvalue weighted by molar-refractivity contribution is -0.144. The van der Waals surface area contributed by atoms with Gasteiger partial charge in [-0.3, -0.25) is 4.85 Å². The summed E-state index contributed by atoms with van der Waals surface area (Å²) in [5, 5.41) is 10.5. The monoisotopic (exact) mass is 1100 g/mol. The van der Waals surface area contributed by atoms with Crippen LogP contribution in [0.25, 0.3) is 4.85 Å². The molecule has 0 aliphatic heterocycles. The normalized spacial score (nSPS) is 13.3. The summed E-state index contributed by atoms with van der Waals surface area (Å²) in [6.45, 7) is 7.98. The Morgan fingerprint density at radius 3 is 0.587 bits per heavy atom. The summed E-state index contributed by atoms with van der Waals surface area (Å²) in [4.78, 5) is 3.43. The lowest BCUT2D eigenvalue weighted by Gasteiger charge is -2.29. The zero-order valence-electron chi connectivity index (χ0n) is 35.9. The molecule has 0 saturated heterocycles. The van der Waals surface area contributed by atoms with Crippen LogP contribution >= 0.6 is 0 Å². The molecule has 0 saturated carbocycles. The van der Waals surface area contributed by atoms with Gasteiger partial charge in [0.2, 0.25) is 0 Å². The average molecular weight is 1100 g/mol. The molecule has 0 aliphatic rings. The van der Waals surface area contributed by atoms with Gasteiger partial charge in [0, 0.05) is 34.1 Å². The molecule has 0 aromatic heterocycles. The summed E-state index contributed by atoms with van der Waals surface area (Å²) >= 11 is 0. The van der Waals surface area contributed by atoms with Crippen LogP contribution in [0, 0.1) is 17.9 Å². The van der Waals surface area contributed by atoms with E-state index in [1.807, 2.05) is 0 Å². The van der Waals surface area contributed by atoms with E-state index in [0.717, 1.165) is 0 Å². The number of hydrogen-bond donors (Lipinski definition) is 0. The Labute approximate surface area is 403 Å². The molecule has 6 aromatic rings. The molecule has 75 heavy (non-hydrogen) atoms. The Bertz CT molecular complexity index is 2680. The number of benzene rings is 6. The first kappa shape index (κ1) is 56.5. The number of halogens is 24. The third-order valence-corrected chi connectivity index (χ3v) is 10.7. The SMILES string of the molecule is [C-]#[N+]C(C#N)(c1ccc(N(c2cc(C(F)(F)F)cc(C(F)(F)F)c2)c2cc(C(F)(F)F)cc(C(F)(F)F)c2)cc1)c1ccc(N(c2cc(C(F)(F)F)cc(C(F)(F)F)c2)c2cc(C(F)(F)F)cc(C(F)(F)F)c2)cc1. The van der Waals surface area contributed by atoms with Gasteiger partial charge in [-0.05, 0) is 121 Å². The second-order valence-corrected chi connectivity index (χ2v) is 15.8. The second-order valence-electron chi connectivity index (χ2n) is 15.8. The molecule has 0 bridgehead atoms. The summed E-state index contributed by atoms with van der Waals surface area (Å²) in [6.07, 6.45) is -45.1. The molecule has 0 atom stereocenters. The van der Waals surface area contributed by atoms with Gasteiger partial charge < -0.3 is 9.80 Å². The molecule has 6 rings (SSSR count). The molecule has 0 amide bonds. The highest BCUT2D eigenvalue weighted by Crippen LogP contribution is 2.49. The van der Waals surface area contributed by atoms with Crippen molar-refractivity contribution in [1.29, 1.82) is 5.26 Å². The average Bonchev–Trinajstić information content (AvgIpc) is 3.28. The standard InChI is InChI=1S/C47H20F24N4/c1-73-39(22-72,23-2-6-33(7-3-23)74(35-14-25(40(48,49)50)10-26(15-35)41(51,52)53)36-16-27(42(54,55)56)11-28(17-36)43(57,58)59)24-4-8-34(9-5-24)75(37-18-29(44(60,61)62)12-30(19-37)45(63,64)65)38-20-31(46(66,67)68)13-32(21-38)47(69,70)71/h2-21H. The van der Waals surface area contributed by atoms with Crippen molar-refractivity contribution in [2.75, 3.05) is 9.80 Å². The first-order valence-electron chi connectivity index (χ1n) is 19.9. The van der Waals surface area contributed by atoms with Gasteiger partial charge in [-0.2, -0.15) is 111 Å². The van der Waals surface area contributed by atoms with Crippen LogP contribution in [0.2, 0.25) is 0 Å². The van der Waals surface area contributed by atoms with Crippen LogP contribution in [0.4, 0.5) is 139 Å². The van der Waals surface area contributed by atoms with Crippen molar-refractivity contribution >= 4 is 34.1 Å². The van der Waals surface area contributed by atoms with Gasteiger partial charge in [-0.1, -0.05) is 0 Å². The van der Waals surface area contributed by atoms with Crippen molar-refractivity contribution < 1.29 is 105 Å². The molecule has 0 spiro atoms. The summed E-state index contributed by atoms with van der Waals surface area (Å²) in [7, 11) is 0. The first-order chi connectivity index (χ1) is 34.1. The van der Waals surface area contributed by atoms with E-state index in [0.29, 0.717) is 48.5 Å². The molecular formula is C47H20F24N4. The van der Waals surface area contributed by atoms with Gasteiger partial charge in [-0.15, -0.1) is 0 Å². The van der Waals surface area contributed by atoms with Crippen LogP contribution in [-0.2, 0) is 54.9 Å².